The topological polar surface area (TPSA) is 212 Å². The van der Waals surface area contributed by atoms with Gasteiger partial charge in [0.15, 0.2) is 34.5 Å². The van der Waals surface area contributed by atoms with E-state index in [1.54, 1.807) is 120 Å². The average Bonchev–Trinajstić information content (AvgIpc) is 0.719. The first-order chi connectivity index (χ1) is 63.1. The monoisotopic (exact) mass is 1920 g/mol. The average molecular weight is 1930 g/mol. The van der Waals surface area contributed by atoms with E-state index in [1.807, 2.05) is 219 Å². The minimum absolute atomic E-state index is 0.00654. The van der Waals surface area contributed by atoms with Crippen molar-refractivity contribution in [3.05, 3.63) is 351 Å². The Kier molecular flexibility index (Phi) is 33.1. The normalized spacial score (nSPS) is 14.3. The number of methoxy groups -OCH3 is 10. The van der Waals surface area contributed by atoms with Crippen molar-refractivity contribution in [2.45, 2.75) is 63.8 Å². The lowest BCUT2D eigenvalue weighted by Crippen LogP contribution is -2.42. The Balaban J connectivity index is 0.000000140. The Morgan fingerprint density at radius 1 is 0.277 bits per heavy atom. The predicted molar refractivity (Wildman–Crippen MR) is 510 cm³/mol. The quantitative estimate of drug-likeness (QED) is 0.0654. The zero-order valence-corrected chi connectivity index (χ0v) is 78.8. The zero-order chi connectivity index (χ0) is 91.9. The zero-order valence-electron chi connectivity index (χ0n) is 74.1. The lowest BCUT2D eigenvalue weighted by molar-refractivity contribution is 0.0584. The maximum absolute atomic E-state index is 13.4. The standard InChI is InChI=1S/C25H24BrNO4.C25H24ClNO4.C18H18BrNO3.C18H18ClNO3.C18H19NO3/c2*1-29-20-6-8-21(9-7-20)31-16-24-23-11-10-22(30-2)15-17(23)12-13-27(24)25(28)18-4-3-5-19(26)14-18;2*1-22-16-9-12-6-7-20(11-14(12)10-17(16)23-2)18(21)13-4-3-5-15(19)8-13;1-21-16-10-14-8-9-19(12-15(14)11-17(16)22-2)18(20)13-6-4-3-5-7-13/h2*3-11,14-15,24H,12-13,16H2,1-2H3;2*3-5,8-10H,6-7,11H2,1-2H3;3-7,10-11H,8-9,12H2,1-2H3. The van der Waals surface area contributed by atoms with Crippen LogP contribution in [0.15, 0.2) is 258 Å². The SMILES string of the molecule is COc1cc2c(cc1OC)CN(C(=O)c1cccc(Br)c1)CC2.COc1cc2c(cc1OC)CN(C(=O)c1cccc(Cl)c1)CC2.COc1cc2c(cc1OC)CN(C(=O)c1ccccc1)CC2.COc1ccc(OCC2c3ccc(OC)cc3CCN2C(=O)c2cccc(Br)c2)cc1.COc1ccc(OCC2c3ccc(OC)cc3CCN2C(=O)c2cccc(Cl)c2)cc1. The lowest BCUT2D eigenvalue weighted by Gasteiger charge is -2.37. The van der Waals surface area contributed by atoms with E-state index in [-0.39, 0.29) is 41.6 Å². The molecule has 2 atom stereocenters. The molecule has 0 aromatic heterocycles. The highest BCUT2D eigenvalue weighted by molar-refractivity contribution is 9.10. The van der Waals surface area contributed by atoms with E-state index in [0.717, 1.165) is 138 Å². The molecule has 0 N–H and O–H groups in total. The first kappa shape index (κ1) is 94.7. The van der Waals surface area contributed by atoms with Gasteiger partial charge in [-0.3, -0.25) is 24.0 Å². The van der Waals surface area contributed by atoms with Crippen LogP contribution in [-0.2, 0) is 51.7 Å². The van der Waals surface area contributed by atoms with Crippen molar-refractivity contribution in [1.29, 1.82) is 0 Å². The van der Waals surface area contributed by atoms with E-state index in [1.165, 1.54) is 22.3 Å². The maximum atomic E-state index is 13.4. The fourth-order valence-electron chi connectivity index (χ4n) is 16.3. The Morgan fingerprint density at radius 2 is 0.562 bits per heavy atom. The number of benzene rings is 12. The fourth-order valence-corrected chi connectivity index (χ4v) is 17.5. The maximum Gasteiger partial charge on any atom is 0.254 e. The summed E-state index contributed by atoms with van der Waals surface area (Å²) in [4.78, 5) is 74.0. The summed E-state index contributed by atoms with van der Waals surface area (Å²) in [7, 11) is 16.3. The van der Waals surface area contributed by atoms with Crippen LogP contribution in [0, 0.1) is 0 Å². The van der Waals surface area contributed by atoms with E-state index in [2.05, 4.69) is 37.9 Å². The Hall–Kier alpha value is -12.9. The molecule has 0 aliphatic carbocycles. The van der Waals surface area contributed by atoms with Crippen molar-refractivity contribution in [3.63, 3.8) is 0 Å². The number of ether oxygens (including phenoxy) is 12. The number of fused-ring (bicyclic) bond motifs is 5. The number of nitrogens with zero attached hydrogens (tertiary/aromatic N) is 5. The van der Waals surface area contributed by atoms with Crippen molar-refractivity contribution in [3.8, 4) is 69.0 Å². The number of hydrogen-bond acceptors (Lipinski definition) is 17. The molecular formula is C104H103Br2Cl2N5O17. The minimum atomic E-state index is -0.233. The fraction of sp³-hybridized carbons (Fsp3) is 0.260. The third kappa shape index (κ3) is 23.6. The molecule has 22 nitrogen and oxygen atoms in total. The second kappa shape index (κ2) is 45.4. The van der Waals surface area contributed by atoms with Crippen LogP contribution in [0.4, 0.5) is 0 Å². The van der Waals surface area contributed by atoms with Crippen LogP contribution in [0.5, 0.6) is 69.0 Å². The van der Waals surface area contributed by atoms with Gasteiger partial charge in [-0.25, -0.2) is 0 Å². The van der Waals surface area contributed by atoms with Gasteiger partial charge in [-0.2, -0.15) is 0 Å². The van der Waals surface area contributed by atoms with E-state index >= 15 is 0 Å². The molecule has 0 bridgehead atoms. The molecule has 0 saturated carbocycles. The summed E-state index contributed by atoms with van der Waals surface area (Å²) in [5.41, 5.74) is 14.7. The van der Waals surface area contributed by atoms with Gasteiger partial charge in [0.2, 0.25) is 0 Å². The number of hydrogen-bond donors (Lipinski definition) is 0. The van der Waals surface area contributed by atoms with E-state index in [9.17, 15) is 24.0 Å². The van der Waals surface area contributed by atoms with Gasteiger partial charge in [-0.1, -0.05) is 110 Å². The van der Waals surface area contributed by atoms with Gasteiger partial charge < -0.3 is 81.3 Å². The van der Waals surface area contributed by atoms with Crippen molar-refractivity contribution in [1.82, 2.24) is 24.5 Å². The van der Waals surface area contributed by atoms with E-state index < -0.39 is 0 Å². The smallest absolute Gasteiger partial charge is 0.254 e. The highest BCUT2D eigenvalue weighted by atomic mass is 79.9. The summed E-state index contributed by atoms with van der Waals surface area (Å²) < 4.78 is 67.3. The third-order valence-corrected chi connectivity index (χ3v) is 24.7. The van der Waals surface area contributed by atoms with E-state index in [4.69, 9.17) is 80.0 Å². The molecule has 0 radical (unpaired) electrons. The van der Waals surface area contributed by atoms with Crippen LogP contribution >= 0.6 is 55.1 Å². The molecule has 5 aliphatic rings. The summed E-state index contributed by atoms with van der Waals surface area (Å²) in [6, 6.07) is 76.9. The molecule has 0 saturated heterocycles. The summed E-state index contributed by atoms with van der Waals surface area (Å²) in [6.45, 7) is 5.72. The van der Waals surface area contributed by atoms with Gasteiger partial charge in [0.1, 0.15) is 47.7 Å². The molecular weight excluding hydrogens is 1820 g/mol. The molecule has 26 heteroatoms. The van der Waals surface area contributed by atoms with Gasteiger partial charge in [-0.05, 0) is 282 Å². The van der Waals surface area contributed by atoms with Crippen LogP contribution in [-0.4, -0.2) is 171 Å². The molecule has 17 rings (SSSR count). The molecule has 674 valence electrons. The number of rotatable bonds is 21. The van der Waals surface area contributed by atoms with Crippen molar-refractivity contribution >= 4 is 84.6 Å². The molecule has 5 heterocycles. The highest BCUT2D eigenvalue weighted by Crippen LogP contribution is 2.41. The first-order valence-electron chi connectivity index (χ1n) is 42.3. The molecule has 12 aromatic rings. The number of amides is 5. The Labute approximate surface area is 785 Å². The Morgan fingerprint density at radius 3 is 0.892 bits per heavy atom. The first-order valence-corrected chi connectivity index (χ1v) is 44.6. The van der Waals surface area contributed by atoms with Gasteiger partial charge in [0.25, 0.3) is 29.5 Å². The van der Waals surface area contributed by atoms with Gasteiger partial charge in [0.05, 0.1) is 83.2 Å². The van der Waals surface area contributed by atoms with Gasteiger partial charge >= 0.3 is 0 Å². The molecule has 2 unspecified atom stereocenters. The lowest BCUT2D eigenvalue weighted by atomic mass is 9.92. The number of carbonyl (C=O) groups is 5. The van der Waals surface area contributed by atoms with Crippen LogP contribution in [0.25, 0.3) is 0 Å². The molecule has 0 fully saturated rings. The van der Waals surface area contributed by atoms with Crippen molar-refractivity contribution in [2.75, 3.05) is 117 Å². The largest absolute Gasteiger partial charge is 0.497 e. The van der Waals surface area contributed by atoms with Crippen LogP contribution < -0.4 is 56.8 Å². The molecule has 12 aromatic carbocycles. The minimum Gasteiger partial charge on any atom is -0.497 e. The third-order valence-electron chi connectivity index (χ3n) is 23.2. The molecule has 5 amide bonds. The van der Waals surface area contributed by atoms with Crippen LogP contribution in [0.1, 0.15) is 120 Å². The molecule has 130 heavy (non-hydrogen) atoms. The van der Waals surface area contributed by atoms with Gasteiger partial charge in [0, 0.05) is 99.2 Å². The second-order valence-electron chi connectivity index (χ2n) is 30.9. The summed E-state index contributed by atoms with van der Waals surface area (Å²) in [5, 5.41) is 1.11. The predicted octanol–water partition coefficient (Wildman–Crippen LogP) is 20.6. The summed E-state index contributed by atoms with van der Waals surface area (Å²) >= 11 is 19.0. The number of carbonyl (C=O) groups excluding carboxylic acids is 5. The summed E-state index contributed by atoms with van der Waals surface area (Å²) in [6.07, 6.45) is 3.95. The van der Waals surface area contributed by atoms with Crippen molar-refractivity contribution < 1.29 is 80.8 Å². The van der Waals surface area contributed by atoms with Crippen LogP contribution in [0.3, 0.4) is 0 Å². The van der Waals surface area contributed by atoms with E-state index in [0.29, 0.717) is 109 Å². The van der Waals surface area contributed by atoms with Gasteiger partial charge in [-0.15, -0.1) is 0 Å². The van der Waals surface area contributed by atoms with Crippen LogP contribution in [0.2, 0.25) is 10.0 Å². The number of halogens is 4. The molecule has 5 aliphatic heterocycles. The second-order valence-corrected chi connectivity index (χ2v) is 33.6. The Bertz CT molecular complexity index is 5670. The summed E-state index contributed by atoms with van der Waals surface area (Å²) in [5.74, 6) is 8.94. The van der Waals surface area contributed by atoms with Crippen molar-refractivity contribution in [2.24, 2.45) is 0 Å². The molecule has 0 spiro atoms. The highest BCUT2D eigenvalue weighted by Gasteiger charge is 2.36.